The van der Waals surface area contributed by atoms with Gasteiger partial charge in [0.05, 0.1) is 5.56 Å². The van der Waals surface area contributed by atoms with E-state index in [1.807, 2.05) is 0 Å². The van der Waals surface area contributed by atoms with Gasteiger partial charge in [0, 0.05) is 25.3 Å². The Kier molecular flexibility index (Phi) is 3.51. The first kappa shape index (κ1) is 12.2. The second kappa shape index (κ2) is 4.91. The summed E-state index contributed by atoms with van der Waals surface area (Å²) < 4.78 is 0. The summed E-state index contributed by atoms with van der Waals surface area (Å²) in [7, 11) is 0. The highest BCUT2D eigenvalue weighted by Crippen LogP contribution is 2.29. The molecule has 2 heterocycles. The molecule has 2 N–H and O–H groups in total. The average molecular weight is 251 g/mol. The van der Waals surface area contributed by atoms with E-state index in [2.05, 4.69) is 22.9 Å². The summed E-state index contributed by atoms with van der Waals surface area (Å²) in [5.74, 6) is 1.19. The van der Waals surface area contributed by atoms with Gasteiger partial charge >= 0.3 is 0 Å². The Labute approximate surface area is 106 Å². The number of nitriles is 1. The van der Waals surface area contributed by atoms with Crippen molar-refractivity contribution >= 4 is 17.4 Å². The molecule has 0 spiro atoms. The Morgan fingerprint density at radius 1 is 1.59 bits per heavy atom. The summed E-state index contributed by atoms with van der Waals surface area (Å²) in [6, 6.07) is 3.83. The molecule has 4 nitrogen and oxygen atoms in total. The molecule has 1 fully saturated rings. The fourth-order valence-corrected chi connectivity index (χ4v) is 2.59. The molecule has 17 heavy (non-hydrogen) atoms. The van der Waals surface area contributed by atoms with Crippen molar-refractivity contribution in [3.8, 4) is 6.07 Å². The van der Waals surface area contributed by atoms with E-state index in [0.29, 0.717) is 22.3 Å². The van der Waals surface area contributed by atoms with Gasteiger partial charge in [-0.25, -0.2) is 4.98 Å². The summed E-state index contributed by atoms with van der Waals surface area (Å²) in [6.45, 7) is 3.79. The van der Waals surface area contributed by atoms with E-state index in [-0.39, 0.29) is 6.04 Å². The molecule has 5 heteroatoms. The fourth-order valence-electron chi connectivity index (χ4n) is 2.31. The van der Waals surface area contributed by atoms with Crippen LogP contribution in [0.25, 0.3) is 0 Å². The standard InChI is InChI=1S/C12H15ClN4/c1-8-4-10(15)7-17(6-8)12-11(13)9(5-14)2-3-16-12/h2-3,8,10H,4,6-7,15H2,1H3. The van der Waals surface area contributed by atoms with E-state index < -0.39 is 0 Å². The predicted octanol–water partition coefficient (Wildman–Crippen LogP) is 1.78. The summed E-state index contributed by atoms with van der Waals surface area (Å²) in [5.41, 5.74) is 6.46. The highest BCUT2D eigenvalue weighted by atomic mass is 35.5. The van der Waals surface area contributed by atoms with Gasteiger partial charge in [-0.3, -0.25) is 0 Å². The molecule has 1 aliphatic heterocycles. The minimum Gasteiger partial charge on any atom is -0.354 e. The van der Waals surface area contributed by atoms with Crippen LogP contribution in [0.5, 0.6) is 0 Å². The smallest absolute Gasteiger partial charge is 0.148 e. The predicted molar refractivity (Wildman–Crippen MR) is 67.9 cm³/mol. The first-order valence-electron chi connectivity index (χ1n) is 5.67. The van der Waals surface area contributed by atoms with Crippen molar-refractivity contribution < 1.29 is 0 Å². The Morgan fingerprint density at radius 3 is 3.00 bits per heavy atom. The number of piperidine rings is 1. The quantitative estimate of drug-likeness (QED) is 0.825. The molecule has 0 aromatic carbocycles. The van der Waals surface area contributed by atoms with Gasteiger partial charge in [-0.15, -0.1) is 0 Å². The Hall–Kier alpha value is -1.31. The van der Waals surface area contributed by atoms with E-state index in [1.54, 1.807) is 12.3 Å². The number of rotatable bonds is 1. The fraction of sp³-hybridized carbons (Fsp3) is 0.500. The summed E-state index contributed by atoms with van der Waals surface area (Å²) in [4.78, 5) is 6.34. The third kappa shape index (κ3) is 2.51. The average Bonchev–Trinajstić information content (AvgIpc) is 2.28. The van der Waals surface area contributed by atoms with Crippen LogP contribution < -0.4 is 10.6 Å². The van der Waals surface area contributed by atoms with E-state index in [1.165, 1.54) is 0 Å². The lowest BCUT2D eigenvalue weighted by Crippen LogP contribution is -2.46. The van der Waals surface area contributed by atoms with Crippen LogP contribution in [0, 0.1) is 17.2 Å². The zero-order chi connectivity index (χ0) is 12.4. The van der Waals surface area contributed by atoms with Crippen LogP contribution >= 0.6 is 11.6 Å². The summed E-state index contributed by atoms with van der Waals surface area (Å²) in [5, 5.41) is 9.37. The third-order valence-corrected chi connectivity index (χ3v) is 3.36. The molecule has 1 aromatic heterocycles. The highest BCUT2D eigenvalue weighted by molar-refractivity contribution is 6.34. The van der Waals surface area contributed by atoms with Gasteiger partial charge in [0.2, 0.25) is 0 Å². The number of pyridine rings is 1. The number of hydrogen-bond donors (Lipinski definition) is 1. The van der Waals surface area contributed by atoms with Crippen molar-refractivity contribution in [2.45, 2.75) is 19.4 Å². The van der Waals surface area contributed by atoms with Crippen molar-refractivity contribution in [2.24, 2.45) is 11.7 Å². The van der Waals surface area contributed by atoms with Gasteiger partial charge in [0.15, 0.2) is 0 Å². The van der Waals surface area contributed by atoms with Crippen LogP contribution in [0.3, 0.4) is 0 Å². The molecule has 0 saturated carbocycles. The number of anilines is 1. The van der Waals surface area contributed by atoms with Crippen LogP contribution in [0.2, 0.25) is 5.02 Å². The molecule has 0 amide bonds. The molecule has 0 aliphatic carbocycles. The van der Waals surface area contributed by atoms with E-state index >= 15 is 0 Å². The van der Waals surface area contributed by atoms with Crippen LogP contribution in [0.15, 0.2) is 12.3 Å². The van der Waals surface area contributed by atoms with Gasteiger partial charge in [-0.2, -0.15) is 5.26 Å². The SMILES string of the molecule is CC1CC(N)CN(c2nccc(C#N)c2Cl)C1. The Balaban J connectivity index is 2.31. The van der Waals surface area contributed by atoms with Gasteiger partial charge in [-0.05, 0) is 18.4 Å². The van der Waals surface area contributed by atoms with Crippen LogP contribution in [0.1, 0.15) is 18.9 Å². The number of nitrogens with two attached hydrogens (primary N) is 1. The molecule has 90 valence electrons. The number of halogens is 1. The second-order valence-electron chi connectivity index (χ2n) is 4.61. The molecular formula is C12H15ClN4. The van der Waals surface area contributed by atoms with E-state index in [4.69, 9.17) is 22.6 Å². The number of hydrogen-bond acceptors (Lipinski definition) is 4. The monoisotopic (exact) mass is 250 g/mol. The Bertz CT molecular complexity index is 444. The molecule has 1 aliphatic rings. The number of nitrogens with zero attached hydrogens (tertiary/aromatic N) is 3. The van der Waals surface area contributed by atoms with E-state index in [0.717, 1.165) is 19.5 Å². The van der Waals surface area contributed by atoms with Gasteiger partial charge < -0.3 is 10.6 Å². The van der Waals surface area contributed by atoms with Gasteiger partial charge in [0.1, 0.15) is 16.9 Å². The van der Waals surface area contributed by atoms with Crippen LogP contribution in [-0.2, 0) is 0 Å². The van der Waals surface area contributed by atoms with Crippen molar-refractivity contribution in [1.82, 2.24) is 4.98 Å². The molecule has 2 unspecified atom stereocenters. The third-order valence-electron chi connectivity index (χ3n) is 2.98. The molecule has 1 saturated heterocycles. The molecular weight excluding hydrogens is 236 g/mol. The highest BCUT2D eigenvalue weighted by Gasteiger charge is 2.25. The largest absolute Gasteiger partial charge is 0.354 e. The molecule has 1 aromatic rings. The van der Waals surface area contributed by atoms with E-state index in [9.17, 15) is 0 Å². The maximum absolute atomic E-state index is 8.94. The Morgan fingerprint density at radius 2 is 2.35 bits per heavy atom. The zero-order valence-electron chi connectivity index (χ0n) is 9.73. The van der Waals surface area contributed by atoms with Crippen LogP contribution in [0.4, 0.5) is 5.82 Å². The number of aromatic nitrogens is 1. The maximum Gasteiger partial charge on any atom is 0.148 e. The maximum atomic E-state index is 8.94. The molecule has 2 rings (SSSR count). The van der Waals surface area contributed by atoms with Crippen molar-refractivity contribution in [3.63, 3.8) is 0 Å². The summed E-state index contributed by atoms with van der Waals surface area (Å²) in [6.07, 6.45) is 2.64. The zero-order valence-corrected chi connectivity index (χ0v) is 10.5. The second-order valence-corrected chi connectivity index (χ2v) is 4.99. The van der Waals surface area contributed by atoms with Crippen molar-refractivity contribution in [3.05, 3.63) is 22.8 Å². The van der Waals surface area contributed by atoms with Crippen LogP contribution in [-0.4, -0.2) is 24.1 Å². The first-order chi connectivity index (χ1) is 8.11. The normalized spacial score (nSPS) is 24.5. The topological polar surface area (TPSA) is 65.9 Å². The lowest BCUT2D eigenvalue weighted by atomic mass is 9.96. The first-order valence-corrected chi connectivity index (χ1v) is 6.04. The van der Waals surface area contributed by atoms with Gasteiger partial charge in [0.25, 0.3) is 0 Å². The minimum atomic E-state index is 0.141. The van der Waals surface area contributed by atoms with Gasteiger partial charge in [-0.1, -0.05) is 18.5 Å². The summed E-state index contributed by atoms with van der Waals surface area (Å²) >= 11 is 6.17. The lowest BCUT2D eigenvalue weighted by Gasteiger charge is -2.36. The molecule has 0 radical (unpaired) electrons. The molecule has 0 bridgehead atoms. The van der Waals surface area contributed by atoms with Crippen molar-refractivity contribution in [1.29, 1.82) is 5.26 Å². The lowest BCUT2D eigenvalue weighted by molar-refractivity contribution is 0.400. The minimum absolute atomic E-state index is 0.141. The molecule has 2 atom stereocenters. The van der Waals surface area contributed by atoms with Crippen molar-refractivity contribution in [2.75, 3.05) is 18.0 Å².